The molecule has 0 radical (unpaired) electrons. The predicted octanol–water partition coefficient (Wildman–Crippen LogP) is 2.04. The van der Waals surface area contributed by atoms with Gasteiger partial charge in [-0.15, -0.1) is 0 Å². The van der Waals surface area contributed by atoms with E-state index < -0.39 is 0 Å². The van der Waals surface area contributed by atoms with Crippen molar-refractivity contribution >= 4 is 11.5 Å². The monoisotopic (exact) mass is 222 g/mol. The number of hydrogen-bond donors (Lipinski definition) is 0. The van der Waals surface area contributed by atoms with Crippen molar-refractivity contribution in [2.75, 3.05) is 11.4 Å². The summed E-state index contributed by atoms with van der Waals surface area (Å²) in [7, 11) is 0. The van der Waals surface area contributed by atoms with Gasteiger partial charge in [0.1, 0.15) is 23.9 Å². The fourth-order valence-electron chi connectivity index (χ4n) is 2.13. The Bertz CT molecular complexity index is 600. The molecule has 4 heteroatoms. The number of anilines is 2. The van der Waals surface area contributed by atoms with Crippen molar-refractivity contribution in [3.8, 4) is 6.07 Å². The van der Waals surface area contributed by atoms with E-state index in [9.17, 15) is 0 Å². The Morgan fingerprint density at radius 3 is 3.00 bits per heavy atom. The summed E-state index contributed by atoms with van der Waals surface area (Å²) in [5.74, 6) is 0.793. The van der Waals surface area contributed by atoms with Crippen LogP contribution in [0.2, 0.25) is 0 Å². The molecule has 2 aromatic rings. The van der Waals surface area contributed by atoms with Gasteiger partial charge < -0.3 is 4.90 Å². The predicted molar refractivity (Wildman–Crippen MR) is 63.9 cm³/mol. The van der Waals surface area contributed by atoms with Crippen molar-refractivity contribution in [2.45, 2.75) is 6.42 Å². The number of fused-ring (bicyclic) bond motifs is 1. The van der Waals surface area contributed by atoms with E-state index >= 15 is 0 Å². The lowest BCUT2D eigenvalue weighted by Gasteiger charge is -2.17. The van der Waals surface area contributed by atoms with Crippen LogP contribution in [-0.4, -0.2) is 16.5 Å². The highest BCUT2D eigenvalue weighted by atomic mass is 15.2. The second kappa shape index (κ2) is 3.87. The summed E-state index contributed by atoms with van der Waals surface area (Å²) >= 11 is 0. The molecule has 0 unspecified atom stereocenters. The molecule has 4 nitrogen and oxygen atoms in total. The summed E-state index contributed by atoms with van der Waals surface area (Å²) in [6.07, 6.45) is 2.46. The number of hydrogen-bond acceptors (Lipinski definition) is 4. The molecule has 1 aromatic heterocycles. The molecule has 0 saturated carbocycles. The average Bonchev–Trinajstić information content (AvgIpc) is 2.82. The first-order chi connectivity index (χ1) is 8.38. The molecule has 1 aromatic carbocycles. The Labute approximate surface area is 99.2 Å². The van der Waals surface area contributed by atoms with Crippen molar-refractivity contribution in [3.63, 3.8) is 0 Å². The van der Waals surface area contributed by atoms with Crippen molar-refractivity contribution in [3.05, 3.63) is 47.9 Å². The fraction of sp³-hybridized carbons (Fsp3) is 0.154. The molecule has 3 rings (SSSR count). The largest absolute Gasteiger partial charge is 0.326 e. The van der Waals surface area contributed by atoms with Crippen LogP contribution >= 0.6 is 0 Å². The summed E-state index contributed by atoms with van der Waals surface area (Å²) in [6.45, 7) is 0.904. The van der Waals surface area contributed by atoms with Crippen molar-refractivity contribution in [2.24, 2.45) is 0 Å². The topological polar surface area (TPSA) is 52.8 Å². The molecule has 0 amide bonds. The zero-order chi connectivity index (χ0) is 11.7. The Balaban J connectivity index is 2.04. The maximum Gasteiger partial charge on any atom is 0.145 e. The third-order valence-electron chi connectivity index (χ3n) is 2.93. The first-order valence-electron chi connectivity index (χ1n) is 5.46. The lowest BCUT2D eigenvalue weighted by Crippen LogP contribution is -2.15. The maximum absolute atomic E-state index is 8.84. The number of para-hydroxylation sites is 1. The number of aromatic nitrogens is 2. The van der Waals surface area contributed by atoms with Gasteiger partial charge in [0.15, 0.2) is 0 Å². The van der Waals surface area contributed by atoms with Crippen LogP contribution in [0.25, 0.3) is 0 Å². The quantitative estimate of drug-likeness (QED) is 0.741. The molecule has 1 aliphatic rings. The molecule has 0 bridgehead atoms. The van der Waals surface area contributed by atoms with Gasteiger partial charge in [-0.1, -0.05) is 18.2 Å². The smallest absolute Gasteiger partial charge is 0.145 e. The average molecular weight is 222 g/mol. The standard InChI is InChI=1S/C13H10N4/c14-8-11-7-13(16-9-15-11)17-6-5-10-3-1-2-4-12(10)17/h1-4,7,9H,5-6H2. The highest BCUT2D eigenvalue weighted by Crippen LogP contribution is 2.32. The van der Waals surface area contributed by atoms with E-state index in [4.69, 9.17) is 5.26 Å². The molecule has 1 aliphatic heterocycles. The highest BCUT2D eigenvalue weighted by molar-refractivity contribution is 5.67. The summed E-state index contributed by atoms with van der Waals surface area (Å²) < 4.78 is 0. The number of benzene rings is 1. The molecule has 0 atom stereocenters. The zero-order valence-electron chi connectivity index (χ0n) is 9.17. The molecular formula is C13H10N4. The highest BCUT2D eigenvalue weighted by Gasteiger charge is 2.20. The van der Waals surface area contributed by atoms with Crippen LogP contribution in [0.4, 0.5) is 11.5 Å². The minimum absolute atomic E-state index is 0.402. The van der Waals surface area contributed by atoms with E-state index in [0.717, 1.165) is 18.8 Å². The van der Waals surface area contributed by atoms with Crippen LogP contribution in [0.1, 0.15) is 11.3 Å². The minimum atomic E-state index is 0.402. The van der Waals surface area contributed by atoms with Gasteiger partial charge in [0.05, 0.1) is 0 Å². The van der Waals surface area contributed by atoms with E-state index in [1.165, 1.54) is 17.6 Å². The van der Waals surface area contributed by atoms with Gasteiger partial charge in [-0.3, -0.25) is 0 Å². The minimum Gasteiger partial charge on any atom is -0.326 e. The summed E-state index contributed by atoms with van der Waals surface area (Å²) in [6, 6.07) is 12.0. The Morgan fingerprint density at radius 1 is 1.24 bits per heavy atom. The van der Waals surface area contributed by atoms with Crippen LogP contribution in [0.15, 0.2) is 36.7 Å². The van der Waals surface area contributed by atoms with Crippen LogP contribution in [0.3, 0.4) is 0 Å². The first kappa shape index (κ1) is 9.79. The lowest BCUT2D eigenvalue weighted by molar-refractivity contribution is 0.961. The molecule has 0 saturated heterocycles. The van der Waals surface area contributed by atoms with Crippen LogP contribution in [-0.2, 0) is 6.42 Å². The summed E-state index contributed by atoms with van der Waals surface area (Å²) in [5, 5.41) is 8.84. The SMILES string of the molecule is N#Cc1cc(N2CCc3ccccc32)ncn1. The fourth-order valence-corrected chi connectivity index (χ4v) is 2.13. The van der Waals surface area contributed by atoms with E-state index in [0.29, 0.717) is 5.69 Å². The van der Waals surface area contributed by atoms with Crippen LogP contribution < -0.4 is 4.90 Å². The molecule has 82 valence electrons. The van der Waals surface area contributed by atoms with Gasteiger partial charge in [0, 0.05) is 18.3 Å². The van der Waals surface area contributed by atoms with Gasteiger partial charge in [0.2, 0.25) is 0 Å². The molecule has 0 fully saturated rings. The number of rotatable bonds is 1. The van der Waals surface area contributed by atoms with Gasteiger partial charge >= 0.3 is 0 Å². The maximum atomic E-state index is 8.84. The van der Waals surface area contributed by atoms with E-state index in [1.54, 1.807) is 6.07 Å². The second-order valence-electron chi connectivity index (χ2n) is 3.90. The Kier molecular flexibility index (Phi) is 2.23. The summed E-state index contributed by atoms with van der Waals surface area (Å²) in [5.41, 5.74) is 2.90. The van der Waals surface area contributed by atoms with E-state index in [2.05, 4.69) is 27.0 Å². The van der Waals surface area contributed by atoms with Crippen molar-refractivity contribution in [1.29, 1.82) is 5.26 Å². The van der Waals surface area contributed by atoms with Gasteiger partial charge in [-0.05, 0) is 18.1 Å². The second-order valence-corrected chi connectivity index (χ2v) is 3.90. The zero-order valence-corrected chi connectivity index (χ0v) is 9.17. The van der Waals surface area contributed by atoms with Gasteiger partial charge in [-0.25, -0.2) is 9.97 Å². The molecule has 0 spiro atoms. The van der Waals surface area contributed by atoms with E-state index in [-0.39, 0.29) is 0 Å². The summed E-state index contributed by atoms with van der Waals surface area (Å²) in [4.78, 5) is 10.2. The Morgan fingerprint density at radius 2 is 2.12 bits per heavy atom. The molecule has 2 heterocycles. The lowest BCUT2D eigenvalue weighted by atomic mass is 10.2. The number of nitriles is 1. The normalized spacial score (nSPS) is 13.2. The van der Waals surface area contributed by atoms with Crippen LogP contribution in [0, 0.1) is 11.3 Å². The third-order valence-corrected chi connectivity index (χ3v) is 2.93. The van der Waals surface area contributed by atoms with E-state index in [1.807, 2.05) is 18.2 Å². The first-order valence-corrected chi connectivity index (χ1v) is 5.46. The molecule has 0 aliphatic carbocycles. The van der Waals surface area contributed by atoms with Gasteiger partial charge in [0.25, 0.3) is 0 Å². The molecule has 0 N–H and O–H groups in total. The van der Waals surface area contributed by atoms with Crippen molar-refractivity contribution < 1.29 is 0 Å². The Hall–Kier alpha value is -2.41. The van der Waals surface area contributed by atoms with Crippen molar-refractivity contribution in [1.82, 2.24) is 9.97 Å². The number of nitrogens with zero attached hydrogens (tertiary/aromatic N) is 4. The van der Waals surface area contributed by atoms with Crippen LogP contribution in [0.5, 0.6) is 0 Å². The molecule has 17 heavy (non-hydrogen) atoms. The third kappa shape index (κ3) is 1.62. The van der Waals surface area contributed by atoms with Gasteiger partial charge in [-0.2, -0.15) is 5.26 Å². The molecular weight excluding hydrogens is 212 g/mol.